The summed E-state index contributed by atoms with van der Waals surface area (Å²) < 4.78 is 0. The highest BCUT2D eigenvalue weighted by molar-refractivity contribution is 7.09. The third-order valence-electron chi connectivity index (χ3n) is 2.66. The van der Waals surface area contributed by atoms with Gasteiger partial charge in [0.05, 0.1) is 10.7 Å². The molecule has 0 atom stereocenters. The highest BCUT2D eigenvalue weighted by Crippen LogP contribution is 2.24. The number of nitrogens with zero attached hydrogens (tertiary/aromatic N) is 1. The number of aromatic nitrogens is 1. The summed E-state index contributed by atoms with van der Waals surface area (Å²) in [4.78, 5) is 27.8. The predicted molar refractivity (Wildman–Crippen MR) is 82.8 cm³/mol. The number of thiazole rings is 1. The van der Waals surface area contributed by atoms with Gasteiger partial charge in [0.1, 0.15) is 10.7 Å². The van der Waals surface area contributed by atoms with Gasteiger partial charge in [0, 0.05) is 24.5 Å². The molecule has 2 aromatic rings. The summed E-state index contributed by atoms with van der Waals surface area (Å²) in [5, 5.41) is 7.77. The molecule has 0 aliphatic rings. The smallest absolute Gasteiger partial charge is 0.275 e. The van der Waals surface area contributed by atoms with Crippen molar-refractivity contribution >= 4 is 40.4 Å². The summed E-state index contributed by atoms with van der Waals surface area (Å²) in [7, 11) is 1.53. The summed E-state index contributed by atoms with van der Waals surface area (Å²) in [6.07, 6.45) is 0. The first-order valence-electron chi connectivity index (χ1n) is 6.02. The van der Waals surface area contributed by atoms with Gasteiger partial charge in [0.2, 0.25) is 0 Å². The summed E-state index contributed by atoms with van der Waals surface area (Å²) >= 11 is 7.33. The molecule has 0 aliphatic carbocycles. The Labute approximate surface area is 130 Å². The molecule has 1 heterocycles. The maximum Gasteiger partial charge on any atom is 0.275 e. The molecule has 8 heteroatoms. The number of amides is 2. The molecule has 0 saturated carbocycles. The van der Waals surface area contributed by atoms with Crippen LogP contribution in [-0.2, 0) is 6.54 Å². The Kier molecular flexibility index (Phi) is 4.89. The van der Waals surface area contributed by atoms with Crippen LogP contribution < -0.4 is 16.4 Å². The predicted octanol–water partition coefficient (Wildman–Crippen LogP) is 1.87. The van der Waals surface area contributed by atoms with Crippen LogP contribution in [0.5, 0.6) is 0 Å². The van der Waals surface area contributed by atoms with E-state index in [9.17, 15) is 9.59 Å². The van der Waals surface area contributed by atoms with Crippen molar-refractivity contribution in [3.63, 3.8) is 0 Å². The molecule has 0 spiro atoms. The van der Waals surface area contributed by atoms with E-state index in [2.05, 4.69) is 15.6 Å². The minimum Gasteiger partial charge on any atom is -0.355 e. The van der Waals surface area contributed by atoms with Crippen LogP contribution in [0.4, 0.5) is 5.69 Å². The van der Waals surface area contributed by atoms with E-state index in [0.717, 1.165) is 0 Å². The molecule has 4 N–H and O–H groups in total. The minimum atomic E-state index is -0.401. The second kappa shape index (κ2) is 6.66. The molecular formula is C13H13ClN4O2S. The summed E-state index contributed by atoms with van der Waals surface area (Å²) in [5.74, 6) is -0.664. The number of rotatable bonds is 4. The molecule has 2 amide bonds. The van der Waals surface area contributed by atoms with E-state index >= 15 is 0 Å². The van der Waals surface area contributed by atoms with E-state index in [0.29, 0.717) is 21.3 Å². The first-order valence-corrected chi connectivity index (χ1v) is 7.28. The van der Waals surface area contributed by atoms with Crippen LogP contribution in [0.15, 0.2) is 23.6 Å². The van der Waals surface area contributed by atoms with E-state index < -0.39 is 5.91 Å². The lowest BCUT2D eigenvalue weighted by Crippen LogP contribution is -2.18. The Morgan fingerprint density at radius 1 is 1.38 bits per heavy atom. The third kappa shape index (κ3) is 3.57. The number of hydrogen-bond acceptors (Lipinski definition) is 5. The fourth-order valence-electron chi connectivity index (χ4n) is 1.60. The van der Waals surface area contributed by atoms with Crippen molar-refractivity contribution in [2.45, 2.75) is 6.54 Å². The van der Waals surface area contributed by atoms with Crippen LogP contribution in [0.2, 0.25) is 5.02 Å². The highest BCUT2D eigenvalue weighted by atomic mass is 35.5. The quantitative estimate of drug-likeness (QED) is 0.799. The van der Waals surface area contributed by atoms with Crippen molar-refractivity contribution < 1.29 is 9.59 Å². The highest BCUT2D eigenvalue weighted by Gasteiger charge is 2.14. The molecule has 2 rings (SSSR count). The van der Waals surface area contributed by atoms with Gasteiger partial charge < -0.3 is 16.4 Å². The fraction of sp³-hybridized carbons (Fsp3) is 0.154. The zero-order valence-electron chi connectivity index (χ0n) is 11.1. The molecule has 21 heavy (non-hydrogen) atoms. The molecule has 0 aliphatic heterocycles. The van der Waals surface area contributed by atoms with Crippen LogP contribution in [0.3, 0.4) is 0 Å². The van der Waals surface area contributed by atoms with Crippen LogP contribution in [0.1, 0.15) is 25.9 Å². The molecule has 6 nitrogen and oxygen atoms in total. The summed E-state index contributed by atoms with van der Waals surface area (Å²) in [6, 6.07) is 4.63. The maximum atomic E-state index is 12.1. The van der Waals surface area contributed by atoms with Crippen LogP contribution in [0.25, 0.3) is 0 Å². The molecule has 0 radical (unpaired) electrons. The lowest BCUT2D eigenvalue weighted by molar-refractivity contribution is 0.0961. The van der Waals surface area contributed by atoms with Gasteiger partial charge in [-0.25, -0.2) is 4.98 Å². The summed E-state index contributed by atoms with van der Waals surface area (Å²) in [5.41, 5.74) is 6.48. The van der Waals surface area contributed by atoms with Gasteiger partial charge in [-0.3, -0.25) is 9.59 Å². The Hall–Kier alpha value is -1.96. The van der Waals surface area contributed by atoms with Crippen LogP contribution in [-0.4, -0.2) is 23.8 Å². The fourth-order valence-corrected chi connectivity index (χ4v) is 2.42. The normalized spacial score (nSPS) is 10.2. The van der Waals surface area contributed by atoms with Gasteiger partial charge in [0.15, 0.2) is 0 Å². The minimum absolute atomic E-state index is 0.263. The van der Waals surface area contributed by atoms with Gasteiger partial charge in [-0.05, 0) is 18.2 Å². The third-order valence-corrected chi connectivity index (χ3v) is 3.86. The number of hydrogen-bond donors (Lipinski definition) is 3. The largest absolute Gasteiger partial charge is 0.355 e. The molecule has 110 valence electrons. The zero-order valence-corrected chi connectivity index (χ0v) is 12.7. The second-order valence-electron chi connectivity index (χ2n) is 4.06. The molecule has 0 saturated heterocycles. The van der Waals surface area contributed by atoms with Crippen molar-refractivity contribution in [3.8, 4) is 0 Å². The maximum absolute atomic E-state index is 12.1. The first-order chi connectivity index (χ1) is 10.0. The van der Waals surface area contributed by atoms with Crippen molar-refractivity contribution in [3.05, 3.63) is 44.9 Å². The van der Waals surface area contributed by atoms with Crippen molar-refractivity contribution in [2.75, 3.05) is 12.4 Å². The monoisotopic (exact) mass is 324 g/mol. The van der Waals surface area contributed by atoms with Crippen molar-refractivity contribution in [1.82, 2.24) is 10.3 Å². The number of halogens is 1. The number of carbonyl (C=O) groups excluding carboxylic acids is 2. The molecule has 1 aromatic carbocycles. The molecule has 0 bridgehead atoms. The average Bonchev–Trinajstić information content (AvgIpc) is 2.97. The van der Waals surface area contributed by atoms with Crippen LogP contribution >= 0.6 is 22.9 Å². The van der Waals surface area contributed by atoms with E-state index in [1.807, 2.05) is 0 Å². The van der Waals surface area contributed by atoms with Crippen molar-refractivity contribution in [1.29, 1.82) is 0 Å². The van der Waals surface area contributed by atoms with E-state index in [1.165, 1.54) is 24.5 Å². The van der Waals surface area contributed by atoms with E-state index in [-0.39, 0.29) is 18.1 Å². The van der Waals surface area contributed by atoms with E-state index in [1.54, 1.807) is 17.5 Å². The molecule has 1 aromatic heterocycles. The topological polar surface area (TPSA) is 97.1 Å². The van der Waals surface area contributed by atoms with Gasteiger partial charge in [0.25, 0.3) is 11.8 Å². The Bertz CT molecular complexity index is 687. The number of benzene rings is 1. The Balaban J connectivity index is 2.22. The van der Waals surface area contributed by atoms with Gasteiger partial charge in [-0.2, -0.15) is 0 Å². The standard InChI is InChI=1S/C13H13ClN4O2S/c1-16-12(19)7-2-3-8(14)9(4-7)18-13(20)10-6-21-11(5-15)17-10/h2-4,6H,5,15H2,1H3,(H,16,19)(H,18,20). The number of nitrogens with one attached hydrogen (secondary N) is 2. The number of anilines is 1. The van der Waals surface area contributed by atoms with Crippen LogP contribution in [0, 0.1) is 0 Å². The van der Waals surface area contributed by atoms with Gasteiger partial charge in [-0.1, -0.05) is 11.6 Å². The Morgan fingerprint density at radius 2 is 2.14 bits per heavy atom. The second-order valence-corrected chi connectivity index (χ2v) is 5.41. The van der Waals surface area contributed by atoms with Crippen molar-refractivity contribution in [2.24, 2.45) is 5.73 Å². The average molecular weight is 325 g/mol. The first kappa shape index (κ1) is 15.4. The van der Waals surface area contributed by atoms with Gasteiger partial charge >= 0.3 is 0 Å². The lowest BCUT2D eigenvalue weighted by atomic mass is 10.2. The van der Waals surface area contributed by atoms with Gasteiger partial charge in [-0.15, -0.1) is 11.3 Å². The molecule has 0 unspecified atom stereocenters. The number of nitrogens with two attached hydrogens (primary N) is 1. The Morgan fingerprint density at radius 3 is 2.76 bits per heavy atom. The van der Waals surface area contributed by atoms with E-state index in [4.69, 9.17) is 17.3 Å². The zero-order chi connectivity index (χ0) is 15.4. The summed E-state index contributed by atoms with van der Waals surface area (Å²) in [6.45, 7) is 0.283. The molecule has 0 fully saturated rings. The molecular weight excluding hydrogens is 312 g/mol. The number of carbonyl (C=O) groups is 2. The lowest BCUT2D eigenvalue weighted by Gasteiger charge is -2.08. The SMILES string of the molecule is CNC(=O)c1ccc(Cl)c(NC(=O)c2csc(CN)n2)c1.